The van der Waals surface area contributed by atoms with Crippen LogP contribution in [0.4, 0.5) is 0 Å². The number of rotatable bonds is 7. The molecular formula is C20H21NO3. The summed E-state index contributed by atoms with van der Waals surface area (Å²) >= 11 is 0. The Hall–Kier alpha value is -2.80. The number of hydrogen-bond donors (Lipinski definition) is 0. The van der Waals surface area contributed by atoms with Gasteiger partial charge in [0.1, 0.15) is 11.2 Å². The molecule has 0 aliphatic heterocycles. The molecule has 0 aliphatic carbocycles. The van der Waals surface area contributed by atoms with E-state index in [1.165, 1.54) is 0 Å². The molecule has 1 atom stereocenters. The molecule has 0 aliphatic rings. The van der Waals surface area contributed by atoms with Crippen LogP contribution in [0.5, 0.6) is 5.75 Å². The molecule has 2 aromatic carbocycles. The maximum Gasteiger partial charge on any atom is 0.305 e. The lowest BCUT2D eigenvalue weighted by molar-refractivity contribution is -0.143. The first-order valence-electron chi connectivity index (χ1n) is 7.93. The molecule has 0 amide bonds. The Balaban J connectivity index is 2.43. The Bertz CT molecular complexity index is 704. The van der Waals surface area contributed by atoms with Crippen molar-refractivity contribution in [3.05, 3.63) is 65.7 Å². The van der Waals surface area contributed by atoms with Gasteiger partial charge in [0.15, 0.2) is 0 Å². The van der Waals surface area contributed by atoms with Crippen molar-refractivity contribution in [2.45, 2.75) is 25.2 Å². The van der Waals surface area contributed by atoms with Crippen molar-refractivity contribution >= 4 is 5.97 Å². The number of ether oxygens (including phenoxy) is 2. The smallest absolute Gasteiger partial charge is 0.305 e. The fourth-order valence-electron chi connectivity index (χ4n) is 2.76. The molecule has 0 saturated carbocycles. The van der Waals surface area contributed by atoms with Gasteiger partial charge in [-0.15, -0.1) is 0 Å². The molecular weight excluding hydrogens is 302 g/mol. The molecule has 2 rings (SSSR count). The van der Waals surface area contributed by atoms with E-state index in [-0.39, 0.29) is 12.4 Å². The summed E-state index contributed by atoms with van der Waals surface area (Å²) < 4.78 is 10.2. The standard InChI is InChI=1S/C20H21NO3/c1-3-24-19(22)13-14-20(15-21,16-7-5-4-6-8-16)17-9-11-18(23-2)12-10-17/h4-12H,3,13-14H2,1-2H3. The van der Waals surface area contributed by atoms with Crippen molar-refractivity contribution in [2.75, 3.05) is 13.7 Å². The summed E-state index contributed by atoms with van der Waals surface area (Å²) in [6, 6.07) is 19.4. The number of carbonyl (C=O) groups excluding carboxylic acids is 1. The predicted octanol–water partition coefficient (Wildman–Crippen LogP) is 3.85. The minimum Gasteiger partial charge on any atom is -0.497 e. The van der Waals surface area contributed by atoms with Crippen molar-refractivity contribution in [2.24, 2.45) is 0 Å². The van der Waals surface area contributed by atoms with E-state index in [9.17, 15) is 10.1 Å². The molecule has 0 bridgehead atoms. The van der Waals surface area contributed by atoms with Gasteiger partial charge in [0.25, 0.3) is 0 Å². The summed E-state index contributed by atoms with van der Waals surface area (Å²) in [4.78, 5) is 11.8. The lowest BCUT2D eigenvalue weighted by Crippen LogP contribution is -2.27. The van der Waals surface area contributed by atoms with Crippen molar-refractivity contribution in [3.8, 4) is 11.8 Å². The lowest BCUT2D eigenvalue weighted by atomic mass is 9.72. The third-order valence-electron chi connectivity index (χ3n) is 4.05. The monoisotopic (exact) mass is 323 g/mol. The number of methoxy groups -OCH3 is 1. The number of hydrogen-bond acceptors (Lipinski definition) is 4. The summed E-state index contributed by atoms with van der Waals surface area (Å²) in [7, 11) is 1.60. The number of esters is 1. The first-order chi connectivity index (χ1) is 11.7. The van der Waals surface area contributed by atoms with E-state index < -0.39 is 5.41 Å². The van der Waals surface area contributed by atoms with Crippen molar-refractivity contribution < 1.29 is 14.3 Å². The quantitative estimate of drug-likeness (QED) is 0.726. The Morgan fingerprint density at radius 2 is 1.71 bits per heavy atom. The Kier molecular flexibility index (Phi) is 5.97. The average Bonchev–Trinajstić information content (AvgIpc) is 2.64. The second-order valence-electron chi connectivity index (χ2n) is 5.42. The average molecular weight is 323 g/mol. The second kappa shape index (κ2) is 8.16. The van der Waals surface area contributed by atoms with Gasteiger partial charge in [-0.2, -0.15) is 5.26 Å². The van der Waals surface area contributed by atoms with Gasteiger partial charge in [-0.3, -0.25) is 4.79 Å². The van der Waals surface area contributed by atoms with Gasteiger partial charge in [-0.05, 0) is 36.6 Å². The highest BCUT2D eigenvalue weighted by Crippen LogP contribution is 2.37. The molecule has 2 aromatic rings. The molecule has 1 unspecified atom stereocenters. The van der Waals surface area contributed by atoms with Crippen molar-refractivity contribution in [3.63, 3.8) is 0 Å². The van der Waals surface area contributed by atoms with Crippen LogP contribution in [0.25, 0.3) is 0 Å². The number of benzene rings is 2. The maximum absolute atomic E-state index is 11.8. The van der Waals surface area contributed by atoms with Crippen LogP contribution in [-0.2, 0) is 14.9 Å². The van der Waals surface area contributed by atoms with Crippen LogP contribution in [0.2, 0.25) is 0 Å². The summed E-state index contributed by atoms with van der Waals surface area (Å²) in [5, 5.41) is 10.0. The normalized spacial score (nSPS) is 12.7. The lowest BCUT2D eigenvalue weighted by Gasteiger charge is -2.27. The van der Waals surface area contributed by atoms with Crippen LogP contribution < -0.4 is 4.74 Å². The number of nitriles is 1. The molecule has 0 N–H and O–H groups in total. The first-order valence-corrected chi connectivity index (χ1v) is 7.93. The highest BCUT2D eigenvalue weighted by molar-refractivity contribution is 5.70. The molecule has 4 heteroatoms. The number of nitrogens with zero attached hydrogens (tertiary/aromatic N) is 1. The Labute approximate surface area is 142 Å². The molecule has 0 radical (unpaired) electrons. The summed E-state index contributed by atoms with van der Waals surface area (Å²) in [6.45, 7) is 2.11. The molecule has 0 spiro atoms. The van der Waals surface area contributed by atoms with Crippen LogP contribution in [0.15, 0.2) is 54.6 Å². The fourth-order valence-corrected chi connectivity index (χ4v) is 2.76. The maximum atomic E-state index is 11.8. The van der Waals surface area contributed by atoms with Crippen LogP contribution in [0.1, 0.15) is 30.9 Å². The van der Waals surface area contributed by atoms with E-state index in [2.05, 4.69) is 6.07 Å². The Morgan fingerprint density at radius 3 is 2.25 bits per heavy atom. The predicted molar refractivity (Wildman–Crippen MR) is 91.7 cm³/mol. The molecule has 0 fully saturated rings. The molecule has 0 aromatic heterocycles. The largest absolute Gasteiger partial charge is 0.497 e. The molecule has 0 heterocycles. The van der Waals surface area contributed by atoms with E-state index in [1.807, 2.05) is 54.6 Å². The van der Waals surface area contributed by atoms with Crippen LogP contribution in [0, 0.1) is 11.3 Å². The van der Waals surface area contributed by atoms with E-state index in [4.69, 9.17) is 9.47 Å². The zero-order valence-electron chi connectivity index (χ0n) is 14.0. The summed E-state index contributed by atoms with van der Waals surface area (Å²) in [5.41, 5.74) is 0.795. The van der Waals surface area contributed by atoms with Crippen LogP contribution in [-0.4, -0.2) is 19.7 Å². The van der Waals surface area contributed by atoms with Gasteiger partial charge in [-0.1, -0.05) is 42.5 Å². The topological polar surface area (TPSA) is 59.3 Å². The zero-order chi connectivity index (χ0) is 17.4. The van der Waals surface area contributed by atoms with E-state index in [1.54, 1.807) is 14.0 Å². The third-order valence-corrected chi connectivity index (χ3v) is 4.05. The minimum absolute atomic E-state index is 0.183. The SMILES string of the molecule is CCOC(=O)CCC(C#N)(c1ccccc1)c1ccc(OC)cc1. The Morgan fingerprint density at radius 1 is 1.08 bits per heavy atom. The van der Waals surface area contributed by atoms with E-state index in [0.29, 0.717) is 13.0 Å². The zero-order valence-corrected chi connectivity index (χ0v) is 14.0. The minimum atomic E-state index is -0.902. The van der Waals surface area contributed by atoms with Crippen LogP contribution >= 0.6 is 0 Å². The first kappa shape index (κ1) is 17.6. The molecule has 0 saturated heterocycles. The van der Waals surface area contributed by atoms with E-state index in [0.717, 1.165) is 16.9 Å². The molecule has 24 heavy (non-hydrogen) atoms. The van der Waals surface area contributed by atoms with Crippen molar-refractivity contribution in [1.82, 2.24) is 0 Å². The van der Waals surface area contributed by atoms with Crippen LogP contribution in [0.3, 0.4) is 0 Å². The van der Waals surface area contributed by atoms with Gasteiger partial charge in [0.05, 0.1) is 19.8 Å². The number of carbonyl (C=O) groups is 1. The summed E-state index contributed by atoms with van der Waals surface area (Å²) in [5.74, 6) is 0.436. The highest BCUT2D eigenvalue weighted by atomic mass is 16.5. The van der Waals surface area contributed by atoms with Gasteiger partial charge in [0.2, 0.25) is 0 Å². The fraction of sp³-hybridized carbons (Fsp3) is 0.300. The second-order valence-corrected chi connectivity index (χ2v) is 5.42. The molecule has 4 nitrogen and oxygen atoms in total. The summed E-state index contributed by atoms with van der Waals surface area (Å²) in [6.07, 6.45) is 0.543. The van der Waals surface area contributed by atoms with E-state index >= 15 is 0 Å². The van der Waals surface area contributed by atoms with Gasteiger partial charge in [0, 0.05) is 6.42 Å². The van der Waals surface area contributed by atoms with Crippen molar-refractivity contribution in [1.29, 1.82) is 5.26 Å². The highest BCUT2D eigenvalue weighted by Gasteiger charge is 2.35. The third kappa shape index (κ3) is 3.75. The molecule has 124 valence electrons. The van der Waals surface area contributed by atoms with Gasteiger partial charge in [-0.25, -0.2) is 0 Å². The van der Waals surface area contributed by atoms with Gasteiger partial charge >= 0.3 is 5.97 Å². The van der Waals surface area contributed by atoms with Gasteiger partial charge < -0.3 is 9.47 Å².